The van der Waals surface area contributed by atoms with Crippen LogP contribution in [0.4, 0.5) is 10.5 Å². The molecule has 1 aliphatic heterocycles. The summed E-state index contributed by atoms with van der Waals surface area (Å²) in [4.78, 5) is 27.1. The van der Waals surface area contributed by atoms with E-state index < -0.39 is 5.97 Å². The Kier molecular flexibility index (Phi) is 3.57. The number of amides is 2. The number of carboxylic acid groups (broad SMARTS) is 1. The van der Waals surface area contributed by atoms with Crippen LogP contribution in [0.25, 0.3) is 0 Å². The van der Waals surface area contributed by atoms with Crippen molar-refractivity contribution in [1.82, 2.24) is 4.90 Å². The molecule has 1 saturated carbocycles. The van der Waals surface area contributed by atoms with Gasteiger partial charge in [0, 0.05) is 25.8 Å². The second-order valence-electron chi connectivity index (χ2n) is 6.01. The Morgan fingerprint density at radius 3 is 2.76 bits per heavy atom. The minimum absolute atomic E-state index is 0.0173. The van der Waals surface area contributed by atoms with Gasteiger partial charge in [-0.05, 0) is 48.9 Å². The minimum Gasteiger partial charge on any atom is -0.478 e. The number of nitrogens with zero attached hydrogens (tertiary/aromatic N) is 2. The lowest BCUT2D eigenvalue weighted by molar-refractivity contribution is 0.0697. The first-order chi connectivity index (χ1) is 10.1. The van der Waals surface area contributed by atoms with E-state index in [0.29, 0.717) is 12.5 Å². The predicted molar refractivity (Wildman–Crippen MR) is 79.8 cm³/mol. The van der Waals surface area contributed by atoms with Crippen LogP contribution in [0.3, 0.4) is 0 Å². The van der Waals surface area contributed by atoms with E-state index in [1.807, 2.05) is 7.05 Å². The van der Waals surface area contributed by atoms with Gasteiger partial charge in [-0.25, -0.2) is 9.59 Å². The average molecular weight is 288 g/mol. The van der Waals surface area contributed by atoms with Gasteiger partial charge in [0.25, 0.3) is 0 Å². The summed E-state index contributed by atoms with van der Waals surface area (Å²) in [6.07, 6.45) is 4.43. The highest BCUT2D eigenvalue weighted by Crippen LogP contribution is 2.31. The van der Waals surface area contributed by atoms with Crippen molar-refractivity contribution in [2.24, 2.45) is 5.92 Å². The maximum Gasteiger partial charge on any atom is 0.335 e. The number of benzene rings is 1. The molecule has 2 amide bonds. The van der Waals surface area contributed by atoms with E-state index in [1.165, 1.54) is 19.3 Å². The van der Waals surface area contributed by atoms with Gasteiger partial charge in [0.15, 0.2) is 0 Å². The Morgan fingerprint density at radius 2 is 2.14 bits per heavy atom. The van der Waals surface area contributed by atoms with Gasteiger partial charge in [-0.15, -0.1) is 0 Å². The maximum absolute atomic E-state index is 12.5. The molecule has 21 heavy (non-hydrogen) atoms. The molecule has 0 spiro atoms. The summed E-state index contributed by atoms with van der Waals surface area (Å²) >= 11 is 0. The second kappa shape index (κ2) is 5.39. The van der Waals surface area contributed by atoms with Crippen LogP contribution in [0.15, 0.2) is 18.2 Å². The summed E-state index contributed by atoms with van der Waals surface area (Å²) in [5.74, 6) is -0.278. The second-order valence-corrected chi connectivity index (χ2v) is 6.01. The molecule has 2 aliphatic rings. The molecule has 0 bridgehead atoms. The number of fused-ring (bicyclic) bond motifs is 1. The summed E-state index contributed by atoms with van der Waals surface area (Å²) in [6, 6.07) is 5.01. The van der Waals surface area contributed by atoms with Crippen LogP contribution in [0.1, 0.15) is 35.2 Å². The third kappa shape index (κ3) is 2.60. The van der Waals surface area contributed by atoms with Crippen molar-refractivity contribution in [1.29, 1.82) is 0 Å². The Labute approximate surface area is 124 Å². The van der Waals surface area contributed by atoms with Gasteiger partial charge in [0.1, 0.15) is 0 Å². The number of hydrogen-bond donors (Lipinski definition) is 1. The molecule has 1 aromatic carbocycles. The quantitative estimate of drug-likeness (QED) is 0.930. The van der Waals surface area contributed by atoms with E-state index in [0.717, 1.165) is 24.2 Å². The lowest BCUT2D eigenvalue weighted by Gasteiger charge is -2.32. The van der Waals surface area contributed by atoms with Crippen LogP contribution in [0.2, 0.25) is 0 Å². The number of rotatable bonds is 3. The highest BCUT2D eigenvalue weighted by molar-refractivity contribution is 5.95. The molecule has 5 nitrogen and oxygen atoms in total. The number of urea groups is 1. The predicted octanol–water partition coefficient (Wildman–Crippen LogP) is 2.60. The average Bonchev–Trinajstić information content (AvgIpc) is 2.84. The van der Waals surface area contributed by atoms with E-state index in [2.05, 4.69) is 0 Å². The molecule has 0 aromatic heterocycles. The van der Waals surface area contributed by atoms with Crippen LogP contribution < -0.4 is 4.90 Å². The van der Waals surface area contributed by atoms with Crippen LogP contribution in [-0.2, 0) is 6.42 Å². The molecular weight excluding hydrogens is 268 g/mol. The lowest BCUT2D eigenvalue weighted by atomic mass is 9.85. The summed E-state index contributed by atoms with van der Waals surface area (Å²) in [6.45, 7) is 1.45. The zero-order valence-corrected chi connectivity index (χ0v) is 12.2. The summed E-state index contributed by atoms with van der Waals surface area (Å²) in [5.41, 5.74) is 2.08. The molecule has 1 aromatic rings. The van der Waals surface area contributed by atoms with Gasteiger partial charge >= 0.3 is 12.0 Å². The van der Waals surface area contributed by atoms with Crippen LogP contribution in [-0.4, -0.2) is 42.1 Å². The van der Waals surface area contributed by atoms with Gasteiger partial charge in [-0.1, -0.05) is 6.42 Å². The van der Waals surface area contributed by atoms with E-state index in [4.69, 9.17) is 5.11 Å². The normalized spacial score (nSPS) is 17.3. The topological polar surface area (TPSA) is 60.9 Å². The number of carbonyl (C=O) groups excluding carboxylic acids is 1. The van der Waals surface area contributed by atoms with Crippen molar-refractivity contribution in [3.63, 3.8) is 0 Å². The number of carbonyl (C=O) groups is 2. The fourth-order valence-corrected chi connectivity index (χ4v) is 3.08. The fourth-order valence-electron chi connectivity index (χ4n) is 3.08. The van der Waals surface area contributed by atoms with Crippen LogP contribution in [0.5, 0.6) is 0 Å². The Bertz CT molecular complexity index is 581. The Balaban J connectivity index is 1.73. The van der Waals surface area contributed by atoms with Crippen molar-refractivity contribution in [2.75, 3.05) is 25.0 Å². The molecule has 5 heteroatoms. The number of anilines is 1. The molecule has 1 heterocycles. The SMILES string of the molecule is CN(CC1CCC1)C(=O)N1CCc2cc(C(=O)O)ccc21. The number of hydrogen-bond acceptors (Lipinski definition) is 2. The highest BCUT2D eigenvalue weighted by Gasteiger charge is 2.29. The van der Waals surface area contributed by atoms with Gasteiger partial charge in [-0.2, -0.15) is 0 Å². The van der Waals surface area contributed by atoms with Gasteiger partial charge in [0.2, 0.25) is 0 Å². The van der Waals surface area contributed by atoms with E-state index >= 15 is 0 Å². The van der Waals surface area contributed by atoms with Gasteiger partial charge < -0.3 is 10.0 Å². The van der Waals surface area contributed by atoms with Crippen molar-refractivity contribution >= 4 is 17.7 Å². The fraction of sp³-hybridized carbons (Fsp3) is 0.500. The molecule has 3 rings (SSSR count). The van der Waals surface area contributed by atoms with E-state index in [1.54, 1.807) is 28.0 Å². The molecular formula is C16H20N2O3. The van der Waals surface area contributed by atoms with Crippen molar-refractivity contribution < 1.29 is 14.7 Å². The Hall–Kier alpha value is -2.04. The van der Waals surface area contributed by atoms with E-state index in [-0.39, 0.29) is 11.6 Å². The van der Waals surface area contributed by atoms with Crippen molar-refractivity contribution in [3.8, 4) is 0 Å². The largest absolute Gasteiger partial charge is 0.478 e. The molecule has 112 valence electrons. The monoisotopic (exact) mass is 288 g/mol. The third-order valence-electron chi connectivity index (χ3n) is 4.54. The van der Waals surface area contributed by atoms with Crippen molar-refractivity contribution in [3.05, 3.63) is 29.3 Å². The van der Waals surface area contributed by atoms with E-state index in [9.17, 15) is 9.59 Å². The number of carboxylic acids is 1. The Morgan fingerprint density at radius 1 is 1.38 bits per heavy atom. The smallest absolute Gasteiger partial charge is 0.335 e. The summed E-state index contributed by atoms with van der Waals surface area (Å²) in [7, 11) is 1.85. The number of aromatic carboxylic acids is 1. The highest BCUT2D eigenvalue weighted by atomic mass is 16.4. The molecule has 0 unspecified atom stereocenters. The first-order valence-corrected chi connectivity index (χ1v) is 7.45. The minimum atomic E-state index is -0.926. The lowest BCUT2D eigenvalue weighted by Crippen LogP contribution is -2.43. The van der Waals surface area contributed by atoms with Crippen LogP contribution >= 0.6 is 0 Å². The standard InChI is InChI=1S/C16H20N2O3/c1-17(10-11-3-2-4-11)16(21)18-8-7-12-9-13(15(19)20)5-6-14(12)18/h5-6,9,11H,2-4,7-8,10H2,1H3,(H,19,20). The molecule has 0 saturated heterocycles. The van der Waals surface area contributed by atoms with Crippen molar-refractivity contribution in [2.45, 2.75) is 25.7 Å². The van der Waals surface area contributed by atoms with Gasteiger partial charge in [-0.3, -0.25) is 4.90 Å². The summed E-state index contributed by atoms with van der Waals surface area (Å²) < 4.78 is 0. The summed E-state index contributed by atoms with van der Waals surface area (Å²) in [5, 5.41) is 9.02. The zero-order chi connectivity index (χ0) is 15.0. The van der Waals surface area contributed by atoms with Crippen LogP contribution in [0, 0.1) is 5.92 Å². The third-order valence-corrected chi connectivity index (χ3v) is 4.54. The zero-order valence-electron chi connectivity index (χ0n) is 12.2. The molecule has 0 radical (unpaired) electrons. The molecule has 1 fully saturated rings. The molecule has 0 atom stereocenters. The first kappa shape index (κ1) is 13.9. The first-order valence-electron chi connectivity index (χ1n) is 7.45. The maximum atomic E-state index is 12.5. The molecule has 1 N–H and O–H groups in total. The molecule has 1 aliphatic carbocycles. The van der Waals surface area contributed by atoms with Gasteiger partial charge in [0.05, 0.1) is 5.56 Å².